The van der Waals surface area contributed by atoms with Gasteiger partial charge in [0.25, 0.3) is 0 Å². The first-order chi connectivity index (χ1) is 21.6. The van der Waals surface area contributed by atoms with E-state index in [9.17, 15) is 27.6 Å². The number of hydrogen-bond acceptors (Lipinski definition) is 8. The summed E-state index contributed by atoms with van der Waals surface area (Å²) >= 11 is 0. The molecule has 10 nitrogen and oxygen atoms in total. The first-order valence-electron chi connectivity index (χ1n) is 16.1. The average Bonchev–Trinajstić information content (AvgIpc) is 3.59. The van der Waals surface area contributed by atoms with Crippen LogP contribution in [0.15, 0.2) is 18.2 Å². The maximum atomic E-state index is 14.2. The molecule has 1 N–H and O–H groups in total. The van der Waals surface area contributed by atoms with Crippen LogP contribution in [0.1, 0.15) is 78.8 Å². The molecule has 6 atom stereocenters. The minimum Gasteiger partial charge on any atom is -0.484 e. The number of aryl methyl sites for hydroxylation is 1. The predicted molar refractivity (Wildman–Crippen MR) is 162 cm³/mol. The maximum Gasteiger partial charge on any atom is 0.422 e. The zero-order chi connectivity index (χ0) is 33.4. The molecule has 0 spiro atoms. The van der Waals surface area contributed by atoms with E-state index in [0.717, 1.165) is 32.1 Å². The lowest BCUT2D eigenvalue weighted by atomic mass is 9.85. The highest BCUT2D eigenvalue weighted by Crippen LogP contribution is 2.39. The Bertz CT molecular complexity index is 1460. The Balaban J connectivity index is 1.51. The smallest absolute Gasteiger partial charge is 0.422 e. The van der Waals surface area contributed by atoms with Crippen LogP contribution >= 0.6 is 0 Å². The van der Waals surface area contributed by atoms with E-state index >= 15 is 0 Å². The van der Waals surface area contributed by atoms with Crippen LogP contribution in [-0.2, 0) is 20.7 Å². The van der Waals surface area contributed by atoms with Gasteiger partial charge in [-0.2, -0.15) is 13.2 Å². The third-order valence-electron chi connectivity index (χ3n) is 9.08. The number of hydrogen-bond donors (Lipinski definition) is 1. The summed E-state index contributed by atoms with van der Waals surface area (Å²) in [6.07, 6.45) is -0.573. The van der Waals surface area contributed by atoms with E-state index in [1.165, 1.54) is 24.0 Å². The van der Waals surface area contributed by atoms with Crippen LogP contribution in [0.4, 0.5) is 18.0 Å². The molecule has 2 fully saturated rings. The van der Waals surface area contributed by atoms with Crippen molar-refractivity contribution in [3.63, 3.8) is 0 Å². The fourth-order valence-electron chi connectivity index (χ4n) is 6.59. The number of nitrogens with zero attached hydrogens (tertiary/aromatic N) is 3. The fourth-order valence-corrected chi connectivity index (χ4v) is 6.59. The zero-order valence-corrected chi connectivity index (χ0v) is 27.0. The Morgan fingerprint density at radius 1 is 1.07 bits per heavy atom. The number of alkyl halides is 3. The number of halogens is 3. The van der Waals surface area contributed by atoms with Crippen molar-refractivity contribution in [3.05, 3.63) is 23.9 Å². The Kier molecular flexibility index (Phi) is 9.70. The van der Waals surface area contributed by atoms with Gasteiger partial charge in [0.1, 0.15) is 29.7 Å². The van der Waals surface area contributed by atoms with Crippen molar-refractivity contribution in [1.29, 1.82) is 0 Å². The summed E-state index contributed by atoms with van der Waals surface area (Å²) in [5.41, 5.74) is 0.703. The monoisotopic (exact) mass is 648 g/mol. The van der Waals surface area contributed by atoms with Crippen LogP contribution in [0.5, 0.6) is 11.6 Å². The number of Topliss-reactive ketones (excluding diaryl/α,β-unsaturated/α-hetero) is 1. The molecule has 1 aromatic carbocycles. The standard InChI is InChI=1S/C33H43F3N4O6/c1-6-21-26-16-40(27(21)18(2)41)30(42)28(32(3,4)5)39-31(43)46-25-14-19(25)10-8-7-9-11-23-29(45-26)38-24-15-20(12-13-22(24)37-23)44-17-33(34,35)36/h12-13,15,19,21,25-28H,6-11,14,16-17H2,1-5H3,(H,39,43)/t19-,21-,25-,26+,27-,28-/m1/s1. The van der Waals surface area contributed by atoms with Gasteiger partial charge in [-0.05, 0) is 62.5 Å². The summed E-state index contributed by atoms with van der Waals surface area (Å²) in [5, 5.41) is 2.79. The highest BCUT2D eigenvalue weighted by atomic mass is 19.4. The number of benzene rings is 1. The largest absolute Gasteiger partial charge is 0.484 e. The summed E-state index contributed by atoms with van der Waals surface area (Å²) in [5.74, 6) is -0.498. The van der Waals surface area contributed by atoms with E-state index in [1.807, 2.05) is 27.7 Å². The third-order valence-corrected chi connectivity index (χ3v) is 9.08. The van der Waals surface area contributed by atoms with Gasteiger partial charge < -0.3 is 24.4 Å². The SMILES string of the molecule is CC[C@@H]1[C@@H]2CN(C(=O)[C@H](C(C)(C)C)NC(=O)O[C@@H]3C[C@H]3CCCCCc3nc4ccc(OCC(F)(F)F)cc4nc3O2)[C@@H]1C(C)=O. The molecule has 1 aromatic heterocycles. The van der Waals surface area contributed by atoms with Gasteiger partial charge in [0.2, 0.25) is 11.8 Å². The Labute approximate surface area is 266 Å². The van der Waals surface area contributed by atoms with Gasteiger partial charge in [0.05, 0.1) is 23.6 Å². The van der Waals surface area contributed by atoms with Gasteiger partial charge in [0.15, 0.2) is 12.4 Å². The number of alkyl carbamates (subject to hydrolysis) is 1. The molecule has 3 aliphatic rings. The zero-order valence-electron chi connectivity index (χ0n) is 27.0. The lowest BCUT2D eigenvalue weighted by molar-refractivity contribution is -0.153. The fraction of sp³-hybridized carbons (Fsp3) is 0.667. The highest BCUT2D eigenvalue weighted by molar-refractivity contribution is 5.92. The molecule has 13 heteroatoms. The number of ketones is 1. The number of carbonyl (C=O) groups is 3. The van der Waals surface area contributed by atoms with E-state index in [1.54, 1.807) is 6.07 Å². The van der Waals surface area contributed by atoms with E-state index < -0.39 is 48.4 Å². The molecule has 3 heterocycles. The van der Waals surface area contributed by atoms with Gasteiger partial charge in [-0.3, -0.25) is 9.59 Å². The lowest BCUT2D eigenvalue weighted by Crippen LogP contribution is -2.57. The minimum absolute atomic E-state index is 0.00221. The van der Waals surface area contributed by atoms with Crippen molar-refractivity contribution in [2.75, 3.05) is 13.2 Å². The maximum absolute atomic E-state index is 14.2. The molecular weight excluding hydrogens is 605 g/mol. The molecule has 2 amide bonds. The summed E-state index contributed by atoms with van der Waals surface area (Å²) in [4.78, 5) is 51.2. The van der Waals surface area contributed by atoms with Crippen LogP contribution in [0.3, 0.4) is 0 Å². The van der Waals surface area contributed by atoms with Gasteiger partial charge in [-0.15, -0.1) is 0 Å². The quantitative estimate of drug-likeness (QED) is 0.443. The second kappa shape index (κ2) is 13.2. The van der Waals surface area contributed by atoms with Crippen molar-refractivity contribution >= 4 is 28.8 Å². The Morgan fingerprint density at radius 2 is 1.83 bits per heavy atom. The topological polar surface area (TPSA) is 120 Å². The molecule has 0 unspecified atom stereocenters. The molecule has 2 aromatic rings. The second-order valence-electron chi connectivity index (χ2n) is 13.8. The van der Waals surface area contributed by atoms with Crippen LogP contribution < -0.4 is 14.8 Å². The molecule has 1 saturated heterocycles. The molecular formula is C33H43F3N4O6. The van der Waals surface area contributed by atoms with Crippen LogP contribution in [-0.4, -0.2) is 76.3 Å². The molecule has 0 radical (unpaired) electrons. The van der Waals surface area contributed by atoms with Crippen LogP contribution in [0.2, 0.25) is 0 Å². The van der Waals surface area contributed by atoms with Gasteiger partial charge in [-0.1, -0.05) is 40.5 Å². The third kappa shape index (κ3) is 7.83. The number of ether oxygens (including phenoxy) is 3. The van der Waals surface area contributed by atoms with Crippen molar-refractivity contribution in [2.24, 2.45) is 17.3 Å². The van der Waals surface area contributed by atoms with Crippen molar-refractivity contribution in [3.8, 4) is 11.6 Å². The highest BCUT2D eigenvalue weighted by Gasteiger charge is 2.50. The van der Waals surface area contributed by atoms with Crippen molar-refractivity contribution < 1.29 is 41.8 Å². The summed E-state index contributed by atoms with van der Waals surface area (Å²) < 4.78 is 55.5. The van der Waals surface area contributed by atoms with E-state index in [2.05, 4.69) is 5.32 Å². The van der Waals surface area contributed by atoms with E-state index in [-0.39, 0.29) is 41.9 Å². The van der Waals surface area contributed by atoms with E-state index in [4.69, 9.17) is 24.2 Å². The van der Waals surface area contributed by atoms with Gasteiger partial charge in [0, 0.05) is 12.0 Å². The first kappa shape index (κ1) is 33.7. The van der Waals surface area contributed by atoms with Crippen molar-refractivity contribution in [1.82, 2.24) is 20.2 Å². The number of nitrogens with one attached hydrogen (secondary N) is 1. The molecule has 1 saturated carbocycles. The molecule has 46 heavy (non-hydrogen) atoms. The number of rotatable bonds is 4. The number of aromatic nitrogens is 2. The first-order valence-corrected chi connectivity index (χ1v) is 16.1. The Morgan fingerprint density at radius 3 is 2.50 bits per heavy atom. The minimum atomic E-state index is -4.49. The summed E-state index contributed by atoms with van der Waals surface area (Å²) in [6, 6.07) is 2.65. The molecule has 2 aliphatic heterocycles. The molecule has 2 bridgehead atoms. The van der Waals surface area contributed by atoms with Crippen LogP contribution in [0.25, 0.3) is 11.0 Å². The van der Waals surface area contributed by atoms with Gasteiger partial charge >= 0.3 is 12.3 Å². The molecule has 5 rings (SSSR count). The number of fused-ring (bicyclic) bond motifs is 5. The van der Waals surface area contributed by atoms with Crippen molar-refractivity contribution in [2.45, 2.75) is 110 Å². The normalized spacial score (nSPS) is 27.8. The molecule has 1 aliphatic carbocycles. The van der Waals surface area contributed by atoms with Gasteiger partial charge in [-0.25, -0.2) is 14.8 Å². The lowest BCUT2D eigenvalue weighted by Gasteiger charge is -2.35. The van der Waals surface area contributed by atoms with E-state index in [0.29, 0.717) is 29.6 Å². The van der Waals surface area contributed by atoms with Crippen LogP contribution in [0, 0.1) is 17.3 Å². The molecule has 252 valence electrons. The number of carbonyl (C=O) groups excluding carboxylic acids is 3. The Hall–Kier alpha value is -3.64. The summed E-state index contributed by atoms with van der Waals surface area (Å²) in [6.45, 7) is 7.52. The average molecular weight is 649 g/mol. The summed E-state index contributed by atoms with van der Waals surface area (Å²) in [7, 11) is 0. The second-order valence-corrected chi connectivity index (χ2v) is 13.8. The predicted octanol–water partition coefficient (Wildman–Crippen LogP) is 5.79. The number of amides is 2.